The van der Waals surface area contributed by atoms with Crippen LogP contribution in [0.3, 0.4) is 0 Å². The molecular formula is C14H30O5Si. The first-order valence-electron chi connectivity index (χ1n) is 7.38. The average Bonchev–Trinajstić information content (AvgIpc) is 2.49. The minimum atomic E-state index is -2.67. The second-order valence-electron chi connectivity index (χ2n) is 4.89. The zero-order chi connectivity index (χ0) is 15.4. The number of unbranched alkanes of at least 4 members (excludes halogenated alkanes) is 1. The molecule has 0 aromatic heterocycles. The number of carbonyl (C=O) groups is 1. The van der Waals surface area contributed by atoms with Gasteiger partial charge in [-0.1, -0.05) is 33.1 Å². The summed E-state index contributed by atoms with van der Waals surface area (Å²) in [5, 5.41) is 0. The third-order valence-electron chi connectivity index (χ3n) is 3.59. The molecule has 5 nitrogen and oxygen atoms in total. The highest BCUT2D eigenvalue weighted by molar-refractivity contribution is 6.60. The van der Waals surface area contributed by atoms with Crippen molar-refractivity contribution in [3.05, 3.63) is 0 Å². The van der Waals surface area contributed by atoms with Crippen molar-refractivity contribution in [1.82, 2.24) is 0 Å². The lowest BCUT2D eigenvalue weighted by Gasteiger charge is -2.24. The third kappa shape index (κ3) is 7.38. The number of esters is 1. The molecule has 0 saturated heterocycles. The highest BCUT2D eigenvalue weighted by Crippen LogP contribution is 2.17. The van der Waals surface area contributed by atoms with Gasteiger partial charge in [0.2, 0.25) is 0 Å². The van der Waals surface area contributed by atoms with Crippen LogP contribution in [0.25, 0.3) is 0 Å². The van der Waals surface area contributed by atoms with Crippen LogP contribution in [0, 0.1) is 5.92 Å². The van der Waals surface area contributed by atoms with Crippen molar-refractivity contribution in [2.45, 2.75) is 52.0 Å². The second-order valence-corrected chi connectivity index (χ2v) is 7.99. The molecule has 0 amide bonds. The van der Waals surface area contributed by atoms with E-state index in [0.717, 1.165) is 12.8 Å². The van der Waals surface area contributed by atoms with E-state index in [1.54, 1.807) is 21.3 Å². The van der Waals surface area contributed by atoms with Gasteiger partial charge in [-0.2, -0.15) is 0 Å². The van der Waals surface area contributed by atoms with E-state index >= 15 is 0 Å². The number of ether oxygens (including phenoxy) is 1. The van der Waals surface area contributed by atoms with Crippen molar-refractivity contribution in [2.75, 3.05) is 27.9 Å². The Labute approximate surface area is 124 Å². The highest BCUT2D eigenvalue weighted by atomic mass is 28.4. The number of hydrogen-bond acceptors (Lipinski definition) is 5. The summed E-state index contributed by atoms with van der Waals surface area (Å²) in [5.41, 5.74) is 0. The van der Waals surface area contributed by atoms with E-state index in [0.29, 0.717) is 18.6 Å². The Balaban J connectivity index is 4.04. The molecule has 0 heterocycles. The fourth-order valence-corrected chi connectivity index (χ4v) is 3.62. The molecule has 20 heavy (non-hydrogen) atoms. The number of rotatable bonds is 12. The molecule has 0 aromatic carbocycles. The van der Waals surface area contributed by atoms with Crippen LogP contribution in [0.15, 0.2) is 0 Å². The van der Waals surface area contributed by atoms with Crippen LogP contribution in [0.1, 0.15) is 46.0 Å². The molecule has 0 radical (unpaired) electrons. The predicted molar refractivity (Wildman–Crippen MR) is 80.5 cm³/mol. The Morgan fingerprint density at radius 1 is 1.10 bits per heavy atom. The van der Waals surface area contributed by atoms with Gasteiger partial charge in [-0.05, 0) is 12.3 Å². The molecule has 0 rings (SSSR count). The Kier molecular flexibility index (Phi) is 11.0. The zero-order valence-electron chi connectivity index (χ0n) is 13.6. The smallest absolute Gasteiger partial charge is 0.465 e. The molecule has 0 fully saturated rings. The topological polar surface area (TPSA) is 54.0 Å². The predicted octanol–water partition coefficient (Wildman–Crippen LogP) is 3.01. The summed E-state index contributed by atoms with van der Waals surface area (Å²) in [4.78, 5) is 11.8. The van der Waals surface area contributed by atoms with E-state index < -0.39 is 8.80 Å². The van der Waals surface area contributed by atoms with E-state index in [4.69, 9.17) is 18.0 Å². The van der Waals surface area contributed by atoms with E-state index in [1.165, 1.54) is 12.8 Å². The first-order chi connectivity index (χ1) is 9.57. The van der Waals surface area contributed by atoms with E-state index in [1.807, 2.05) is 0 Å². The van der Waals surface area contributed by atoms with Crippen molar-refractivity contribution in [3.8, 4) is 0 Å². The lowest BCUT2D eigenvalue weighted by molar-refractivity contribution is -0.145. The van der Waals surface area contributed by atoms with Crippen LogP contribution in [0.2, 0.25) is 6.04 Å². The number of hydrogen-bond donors (Lipinski definition) is 0. The van der Waals surface area contributed by atoms with Crippen molar-refractivity contribution < 1.29 is 22.8 Å². The van der Waals surface area contributed by atoms with Gasteiger partial charge in [-0.25, -0.2) is 0 Å². The lowest BCUT2D eigenvalue weighted by Crippen LogP contribution is -2.43. The van der Waals surface area contributed by atoms with Gasteiger partial charge in [0.25, 0.3) is 0 Å². The molecular weight excluding hydrogens is 276 g/mol. The zero-order valence-corrected chi connectivity index (χ0v) is 14.6. The molecule has 0 N–H and O–H groups in total. The van der Waals surface area contributed by atoms with Crippen molar-refractivity contribution >= 4 is 14.8 Å². The fourth-order valence-electron chi connectivity index (χ4n) is 1.99. The maximum atomic E-state index is 11.8. The normalized spacial score (nSPS) is 13.2. The van der Waals surface area contributed by atoms with Crippen molar-refractivity contribution in [1.29, 1.82) is 0 Å². The summed E-state index contributed by atoms with van der Waals surface area (Å²) in [7, 11) is 1.97. The Bertz CT molecular complexity index is 248. The maximum absolute atomic E-state index is 11.8. The van der Waals surface area contributed by atoms with Crippen LogP contribution in [0.5, 0.6) is 0 Å². The molecule has 0 bridgehead atoms. The molecule has 1 atom stereocenters. The lowest BCUT2D eigenvalue weighted by atomic mass is 10.0. The molecule has 0 aromatic rings. The molecule has 1 unspecified atom stereocenters. The largest absolute Gasteiger partial charge is 0.500 e. The minimum Gasteiger partial charge on any atom is -0.465 e. The molecule has 0 aliphatic carbocycles. The van der Waals surface area contributed by atoms with Crippen LogP contribution in [0.4, 0.5) is 0 Å². The van der Waals surface area contributed by atoms with Crippen LogP contribution < -0.4 is 0 Å². The Hall–Kier alpha value is -0.433. The first-order valence-corrected chi connectivity index (χ1v) is 9.31. The van der Waals surface area contributed by atoms with Crippen molar-refractivity contribution in [3.63, 3.8) is 0 Å². The summed E-state index contributed by atoms with van der Waals surface area (Å²) >= 11 is 0. The van der Waals surface area contributed by atoms with Crippen LogP contribution in [-0.2, 0) is 22.8 Å². The SMILES string of the molecule is CCCCC(CC)COC(=O)CC[Si](OC)(OC)OC. The van der Waals surface area contributed by atoms with Gasteiger partial charge >= 0.3 is 14.8 Å². The summed E-state index contributed by atoms with van der Waals surface area (Å²) < 4.78 is 21.2. The molecule has 120 valence electrons. The Morgan fingerprint density at radius 3 is 2.15 bits per heavy atom. The van der Waals surface area contributed by atoms with Crippen LogP contribution in [-0.4, -0.2) is 42.7 Å². The van der Waals surface area contributed by atoms with Gasteiger partial charge < -0.3 is 18.0 Å². The van der Waals surface area contributed by atoms with Gasteiger partial charge in [0.05, 0.1) is 6.61 Å². The van der Waals surface area contributed by atoms with E-state index in [9.17, 15) is 4.79 Å². The summed E-state index contributed by atoms with van der Waals surface area (Å²) in [6, 6.07) is 0.446. The molecule has 0 aliphatic rings. The first kappa shape index (κ1) is 19.6. The van der Waals surface area contributed by atoms with Gasteiger partial charge in [-0.15, -0.1) is 0 Å². The second kappa shape index (κ2) is 11.3. The number of carbonyl (C=O) groups excluding carboxylic acids is 1. The van der Waals surface area contributed by atoms with Gasteiger partial charge in [0, 0.05) is 33.8 Å². The summed E-state index contributed by atoms with van der Waals surface area (Å²) in [6.07, 6.45) is 4.79. The third-order valence-corrected chi connectivity index (χ3v) is 6.32. The van der Waals surface area contributed by atoms with Gasteiger partial charge in [0.15, 0.2) is 0 Å². The highest BCUT2D eigenvalue weighted by Gasteiger charge is 2.38. The fraction of sp³-hybridized carbons (Fsp3) is 0.929. The van der Waals surface area contributed by atoms with Gasteiger partial charge in [-0.3, -0.25) is 4.79 Å². The summed E-state index contributed by atoms with van der Waals surface area (Å²) in [5.74, 6) is 0.260. The summed E-state index contributed by atoms with van der Waals surface area (Å²) in [6.45, 7) is 4.81. The standard InChI is InChI=1S/C14H30O5Si/c1-6-8-9-13(7-2)12-19-14(15)10-11-20(16-3,17-4)18-5/h13H,6-12H2,1-5H3. The monoisotopic (exact) mass is 306 g/mol. The quantitative estimate of drug-likeness (QED) is 0.410. The maximum Gasteiger partial charge on any atom is 0.500 e. The van der Waals surface area contributed by atoms with Crippen LogP contribution >= 0.6 is 0 Å². The molecule has 6 heteroatoms. The molecule has 0 aliphatic heterocycles. The van der Waals surface area contributed by atoms with E-state index in [2.05, 4.69) is 13.8 Å². The molecule has 0 saturated carbocycles. The van der Waals surface area contributed by atoms with E-state index in [-0.39, 0.29) is 12.4 Å². The van der Waals surface area contributed by atoms with Crippen molar-refractivity contribution in [2.24, 2.45) is 5.92 Å². The Morgan fingerprint density at radius 2 is 1.70 bits per heavy atom. The molecule has 0 spiro atoms. The average molecular weight is 306 g/mol. The minimum absolute atomic E-state index is 0.206. The van der Waals surface area contributed by atoms with Gasteiger partial charge in [0.1, 0.15) is 0 Å².